The van der Waals surface area contributed by atoms with E-state index in [0.29, 0.717) is 18.1 Å². The van der Waals surface area contributed by atoms with Gasteiger partial charge in [-0.25, -0.2) is 8.42 Å². The average molecular weight is 276 g/mol. The van der Waals surface area contributed by atoms with Crippen molar-refractivity contribution in [3.63, 3.8) is 0 Å². The number of hydrogen-bond acceptors (Lipinski definition) is 4. The summed E-state index contributed by atoms with van der Waals surface area (Å²) in [6.07, 6.45) is 0.384. The summed E-state index contributed by atoms with van der Waals surface area (Å²) in [4.78, 5) is 17.3. The van der Waals surface area contributed by atoms with Crippen LogP contribution in [0.2, 0.25) is 0 Å². The van der Waals surface area contributed by atoms with Crippen molar-refractivity contribution >= 4 is 32.7 Å². The Morgan fingerprint density at radius 1 is 1.47 bits per heavy atom. The molecule has 96 valence electrons. The smallest absolute Gasteiger partial charge is 0.247 e. The second-order valence-corrected chi connectivity index (χ2v) is 7.59. The van der Waals surface area contributed by atoms with Gasteiger partial charge in [0.05, 0.1) is 17.5 Å². The Morgan fingerprint density at radius 3 is 2.76 bits per heavy atom. The number of aliphatic imine (C=N–C) groups is 1. The van der Waals surface area contributed by atoms with Gasteiger partial charge in [0.25, 0.3) is 0 Å². The van der Waals surface area contributed by atoms with Gasteiger partial charge in [-0.1, -0.05) is 18.7 Å². The zero-order valence-corrected chi connectivity index (χ0v) is 11.6. The molecule has 0 radical (unpaired) electrons. The van der Waals surface area contributed by atoms with Gasteiger partial charge < -0.3 is 4.90 Å². The lowest BCUT2D eigenvalue weighted by atomic mass is 10.2. The molecule has 2 aliphatic rings. The quantitative estimate of drug-likeness (QED) is 0.735. The van der Waals surface area contributed by atoms with Crippen LogP contribution in [0.3, 0.4) is 0 Å². The number of rotatable bonds is 2. The number of carbonyl (C=O) groups excluding carboxylic acids is 1. The highest BCUT2D eigenvalue weighted by Crippen LogP contribution is 2.37. The third-order valence-electron chi connectivity index (χ3n) is 3.04. The van der Waals surface area contributed by atoms with Crippen molar-refractivity contribution in [3.05, 3.63) is 0 Å². The van der Waals surface area contributed by atoms with Gasteiger partial charge >= 0.3 is 0 Å². The summed E-state index contributed by atoms with van der Waals surface area (Å²) in [5, 5.41) is 0.743. The van der Waals surface area contributed by atoms with Gasteiger partial charge in [0.1, 0.15) is 0 Å². The van der Waals surface area contributed by atoms with Crippen molar-refractivity contribution in [3.8, 4) is 0 Å². The topological polar surface area (TPSA) is 66.8 Å². The van der Waals surface area contributed by atoms with Crippen LogP contribution >= 0.6 is 11.8 Å². The minimum absolute atomic E-state index is 0.00148. The highest BCUT2D eigenvalue weighted by Gasteiger charge is 2.48. The Balaban J connectivity index is 2.22. The molecule has 0 aromatic rings. The molecule has 0 bridgehead atoms. The van der Waals surface area contributed by atoms with Crippen molar-refractivity contribution in [2.24, 2.45) is 4.99 Å². The van der Waals surface area contributed by atoms with E-state index in [9.17, 15) is 13.2 Å². The molecule has 0 spiro atoms. The standard InChI is InChI=1S/C10H16N2O3S2/c1-3-9(13)11-10-12(4-2)7-5-17(14,15)6-8(7)16-10/h7-8H,3-6H2,1-2H3/t7-,8+/m1/s1. The number of amides is 1. The summed E-state index contributed by atoms with van der Waals surface area (Å²) in [7, 11) is -2.91. The molecule has 2 saturated heterocycles. The zero-order valence-electron chi connectivity index (χ0n) is 9.92. The van der Waals surface area contributed by atoms with Gasteiger partial charge in [0.2, 0.25) is 5.91 Å². The van der Waals surface area contributed by atoms with Crippen LogP contribution in [0, 0.1) is 0 Å². The van der Waals surface area contributed by atoms with E-state index < -0.39 is 9.84 Å². The Morgan fingerprint density at radius 2 is 2.18 bits per heavy atom. The zero-order chi connectivity index (χ0) is 12.6. The molecule has 1 amide bonds. The molecule has 0 unspecified atom stereocenters. The molecule has 7 heteroatoms. The van der Waals surface area contributed by atoms with Crippen molar-refractivity contribution in [2.45, 2.75) is 31.6 Å². The molecule has 17 heavy (non-hydrogen) atoms. The number of fused-ring (bicyclic) bond motifs is 1. The SMILES string of the molecule is CCC(=O)N=C1S[C@H]2CS(=O)(=O)C[C@H]2N1CC. The first-order valence-electron chi connectivity index (χ1n) is 5.72. The molecule has 2 fully saturated rings. The number of thioether (sulfide) groups is 1. The summed E-state index contributed by atoms with van der Waals surface area (Å²) in [6.45, 7) is 4.42. The van der Waals surface area contributed by atoms with Gasteiger partial charge in [0.15, 0.2) is 15.0 Å². The fraction of sp³-hybridized carbons (Fsp3) is 0.800. The van der Waals surface area contributed by atoms with Crippen molar-refractivity contribution in [1.82, 2.24) is 4.90 Å². The summed E-state index contributed by atoms with van der Waals surface area (Å²) in [5.74, 6) is 0.254. The summed E-state index contributed by atoms with van der Waals surface area (Å²) in [6, 6.07) is -0.00148. The third kappa shape index (κ3) is 2.49. The van der Waals surface area contributed by atoms with Gasteiger partial charge in [-0.05, 0) is 6.92 Å². The lowest BCUT2D eigenvalue weighted by molar-refractivity contribution is -0.117. The van der Waals surface area contributed by atoms with Crippen molar-refractivity contribution in [2.75, 3.05) is 18.1 Å². The van der Waals surface area contributed by atoms with Crippen LogP contribution in [0.5, 0.6) is 0 Å². The summed E-state index contributed by atoms with van der Waals surface area (Å²) in [5.41, 5.74) is 0. The molecule has 0 N–H and O–H groups in total. The minimum Gasteiger partial charge on any atom is -0.346 e. The lowest BCUT2D eigenvalue weighted by Gasteiger charge is -2.22. The van der Waals surface area contributed by atoms with E-state index in [1.807, 2.05) is 11.8 Å². The number of amidine groups is 1. The van der Waals surface area contributed by atoms with Crippen molar-refractivity contribution < 1.29 is 13.2 Å². The number of nitrogens with zero attached hydrogens (tertiary/aromatic N) is 2. The predicted octanol–water partition coefficient (Wildman–Crippen LogP) is 0.513. The normalized spacial score (nSPS) is 33.1. The van der Waals surface area contributed by atoms with E-state index >= 15 is 0 Å². The maximum Gasteiger partial charge on any atom is 0.247 e. The number of carbonyl (C=O) groups is 1. The second-order valence-electron chi connectivity index (χ2n) is 4.23. The average Bonchev–Trinajstić information content (AvgIpc) is 2.68. The summed E-state index contributed by atoms with van der Waals surface area (Å²) < 4.78 is 23.1. The first kappa shape index (κ1) is 12.9. The molecule has 0 aromatic carbocycles. The molecule has 2 atom stereocenters. The van der Waals surface area contributed by atoms with Crippen LogP contribution in [0.15, 0.2) is 4.99 Å². The van der Waals surface area contributed by atoms with Gasteiger partial charge in [0, 0.05) is 18.2 Å². The van der Waals surface area contributed by atoms with E-state index in [1.54, 1.807) is 6.92 Å². The monoisotopic (exact) mass is 276 g/mol. The van der Waals surface area contributed by atoms with Crippen molar-refractivity contribution in [1.29, 1.82) is 0 Å². The maximum absolute atomic E-state index is 11.5. The van der Waals surface area contributed by atoms with E-state index in [4.69, 9.17) is 0 Å². The fourth-order valence-electron chi connectivity index (χ4n) is 2.19. The van der Waals surface area contributed by atoms with Gasteiger partial charge in [-0.15, -0.1) is 0 Å². The number of hydrogen-bond donors (Lipinski definition) is 0. The first-order chi connectivity index (χ1) is 7.96. The molecular formula is C10H16N2O3S2. The van der Waals surface area contributed by atoms with E-state index in [-0.39, 0.29) is 28.7 Å². The van der Waals surface area contributed by atoms with Crippen LogP contribution in [0.4, 0.5) is 0 Å². The second kappa shape index (κ2) is 4.61. The maximum atomic E-state index is 11.5. The fourth-order valence-corrected chi connectivity index (χ4v) is 6.22. The molecule has 2 rings (SSSR count). The lowest BCUT2D eigenvalue weighted by Crippen LogP contribution is -2.37. The Hall–Kier alpha value is -0.560. The van der Waals surface area contributed by atoms with E-state index in [0.717, 1.165) is 0 Å². The Labute approximate surface area is 106 Å². The van der Waals surface area contributed by atoms with Gasteiger partial charge in [-0.3, -0.25) is 4.79 Å². The minimum atomic E-state index is -2.91. The van der Waals surface area contributed by atoms with Crippen LogP contribution < -0.4 is 0 Å². The largest absolute Gasteiger partial charge is 0.346 e. The Bertz CT molecular complexity index is 458. The molecule has 5 nitrogen and oxygen atoms in total. The molecule has 2 aliphatic heterocycles. The highest BCUT2D eigenvalue weighted by molar-refractivity contribution is 8.15. The molecule has 2 heterocycles. The predicted molar refractivity (Wildman–Crippen MR) is 68.9 cm³/mol. The van der Waals surface area contributed by atoms with E-state index in [2.05, 4.69) is 4.99 Å². The first-order valence-corrected chi connectivity index (χ1v) is 8.42. The Kier molecular flexibility index (Phi) is 3.49. The van der Waals surface area contributed by atoms with Gasteiger partial charge in [-0.2, -0.15) is 4.99 Å². The van der Waals surface area contributed by atoms with E-state index in [1.165, 1.54) is 11.8 Å². The molecule has 0 aliphatic carbocycles. The van der Waals surface area contributed by atoms with Crippen LogP contribution in [-0.4, -0.2) is 53.7 Å². The number of sulfone groups is 1. The van der Waals surface area contributed by atoms with Crippen LogP contribution in [-0.2, 0) is 14.6 Å². The van der Waals surface area contributed by atoms with Crippen LogP contribution in [0.25, 0.3) is 0 Å². The molecular weight excluding hydrogens is 260 g/mol. The molecule has 0 aromatic heterocycles. The third-order valence-corrected chi connectivity index (χ3v) is 6.29. The van der Waals surface area contributed by atoms with Crippen LogP contribution in [0.1, 0.15) is 20.3 Å². The summed E-state index contributed by atoms with van der Waals surface area (Å²) >= 11 is 1.44. The molecule has 0 saturated carbocycles. The highest BCUT2D eigenvalue weighted by atomic mass is 32.2.